The fourth-order valence-electron chi connectivity index (χ4n) is 0.800. The number of rotatable bonds is 2. The standard InChI is InChI=1S/C7H9Cl2NSi/c8-11(9,6-10)7-4-2-1-3-5-7/h1-5H,6,10H2. The molecule has 0 aliphatic rings. The second kappa shape index (κ2) is 3.58. The second-order valence-electron chi connectivity index (χ2n) is 2.27. The summed E-state index contributed by atoms with van der Waals surface area (Å²) in [4.78, 5) is 0. The normalized spacial score (nSPS) is 11.5. The molecule has 0 bridgehead atoms. The minimum atomic E-state index is -2.33. The molecular formula is C7H9Cl2NSi. The predicted molar refractivity (Wildman–Crippen MR) is 52.6 cm³/mol. The molecule has 0 saturated heterocycles. The Kier molecular flexibility index (Phi) is 2.95. The van der Waals surface area contributed by atoms with E-state index in [2.05, 4.69) is 0 Å². The van der Waals surface area contributed by atoms with Crippen molar-refractivity contribution >= 4 is 34.0 Å². The van der Waals surface area contributed by atoms with Crippen molar-refractivity contribution in [3.05, 3.63) is 30.3 Å². The van der Waals surface area contributed by atoms with Gasteiger partial charge in [0.1, 0.15) is 0 Å². The first-order valence-electron chi connectivity index (χ1n) is 3.30. The maximum Gasteiger partial charge on any atom is 0.293 e. The first-order chi connectivity index (χ1) is 5.17. The predicted octanol–water partition coefficient (Wildman–Crippen LogP) is 1.31. The van der Waals surface area contributed by atoms with Gasteiger partial charge in [-0.15, -0.1) is 22.2 Å². The summed E-state index contributed by atoms with van der Waals surface area (Å²) < 4.78 is 0. The molecule has 1 aromatic rings. The molecule has 0 amide bonds. The minimum Gasteiger partial charge on any atom is -0.330 e. The molecule has 0 unspecified atom stereocenters. The molecule has 0 atom stereocenters. The van der Waals surface area contributed by atoms with E-state index in [-0.39, 0.29) is 0 Å². The summed E-state index contributed by atoms with van der Waals surface area (Å²) in [6, 6.07) is 9.59. The van der Waals surface area contributed by atoms with Crippen LogP contribution < -0.4 is 10.9 Å². The van der Waals surface area contributed by atoms with Crippen LogP contribution in [0.15, 0.2) is 30.3 Å². The molecule has 4 heteroatoms. The van der Waals surface area contributed by atoms with Gasteiger partial charge in [0, 0.05) is 6.17 Å². The lowest BCUT2D eigenvalue weighted by molar-refractivity contribution is 1.36. The quantitative estimate of drug-likeness (QED) is 0.573. The fourth-order valence-corrected chi connectivity index (χ4v) is 2.47. The summed E-state index contributed by atoms with van der Waals surface area (Å²) in [6.45, 7) is -2.33. The van der Waals surface area contributed by atoms with Gasteiger partial charge in [-0.2, -0.15) is 0 Å². The Balaban J connectivity index is 2.93. The zero-order valence-corrected chi connectivity index (χ0v) is 8.44. The highest BCUT2D eigenvalue weighted by Crippen LogP contribution is 2.12. The first kappa shape index (κ1) is 9.07. The van der Waals surface area contributed by atoms with Crippen molar-refractivity contribution in [1.29, 1.82) is 0 Å². The van der Waals surface area contributed by atoms with Crippen molar-refractivity contribution in [2.45, 2.75) is 0 Å². The van der Waals surface area contributed by atoms with Crippen molar-refractivity contribution in [2.75, 3.05) is 6.17 Å². The Hall–Kier alpha value is -0.0231. The van der Waals surface area contributed by atoms with E-state index in [4.69, 9.17) is 27.9 Å². The van der Waals surface area contributed by atoms with Crippen LogP contribution in [0.25, 0.3) is 0 Å². The Morgan fingerprint density at radius 2 is 1.73 bits per heavy atom. The molecule has 1 nitrogen and oxygen atoms in total. The van der Waals surface area contributed by atoms with Crippen molar-refractivity contribution in [3.63, 3.8) is 0 Å². The smallest absolute Gasteiger partial charge is 0.293 e. The van der Waals surface area contributed by atoms with E-state index in [1.165, 1.54) is 0 Å². The van der Waals surface area contributed by atoms with Crippen molar-refractivity contribution < 1.29 is 0 Å². The van der Waals surface area contributed by atoms with Gasteiger partial charge in [-0.3, -0.25) is 0 Å². The third-order valence-electron chi connectivity index (χ3n) is 1.45. The average Bonchev–Trinajstić information content (AvgIpc) is 2.06. The molecule has 0 fully saturated rings. The van der Waals surface area contributed by atoms with Crippen LogP contribution >= 0.6 is 22.2 Å². The fraction of sp³-hybridized carbons (Fsp3) is 0.143. The molecule has 1 aromatic carbocycles. The first-order valence-corrected chi connectivity index (χ1v) is 7.53. The van der Waals surface area contributed by atoms with Crippen LogP contribution in [0.3, 0.4) is 0 Å². The number of halogens is 2. The number of hydrogen-bond donors (Lipinski definition) is 1. The minimum absolute atomic E-state index is 0.361. The van der Waals surface area contributed by atoms with Crippen LogP contribution in [-0.4, -0.2) is 12.9 Å². The Morgan fingerprint density at radius 1 is 1.18 bits per heavy atom. The molecule has 2 N–H and O–H groups in total. The van der Waals surface area contributed by atoms with Gasteiger partial charge in [0.15, 0.2) is 0 Å². The molecule has 0 saturated carbocycles. The second-order valence-corrected chi connectivity index (χ2v) is 9.12. The van der Waals surface area contributed by atoms with Gasteiger partial charge in [-0.25, -0.2) is 0 Å². The highest BCUT2D eigenvalue weighted by atomic mass is 35.7. The summed E-state index contributed by atoms with van der Waals surface area (Å²) in [6.07, 6.45) is 0.361. The van der Waals surface area contributed by atoms with Crippen LogP contribution in [0.4, 0.5) is 0 Å². The van der Waals surface area contributed by atoms with Gasteiger partial charge in [-0.1, -0.05) is 30.3 Å². The van der Waals surface area contributed by atoms with Gasteiger partial charge in [-0.05, 0) is 5.19 Å². The third kappa shape index (κ3) is 2.20. The molecule has 11 heavy (non-hydrogen) atoms. The van der Waals surface area contributed by atoms with Crippen LogP contribution in [0, 0.1) is 0 Å². The molecule has 0 aromatic heterocycles. The topological polar surface area (TPSA) is 26.0 Å². The van der Waals surface area contributed by atoms with Gasteiger partial charge in [0.25, 0.3) is 6.69 Å². The van der Waals surface area contributed by atoms with Gasteiger partial charge in [0.05, 0.1) is 0 Å². The van der Waals surface area contributed by atoms with Gasteiger partial charge >= 0.3 is 0 Å². The van der Waals surface area contributed by atoms with Gasteiger partial charge in [0.2, 0.25) is 0 Å². The molecule has 0 radical (unpaired) electrons. The van der Waals surface area contributed by atoms with E-state index in [0.29, 0.717) is 6.17 Å². The summed E-state index contributed by atoms with van der Waals surface area (Å²) in [5, 5.41) is 0.978. The van der Waals surface area contributed by atoms with Crippen LogP contribution in [0.2, 0.25) is 0 Å². The van der Waals surface area contributed by atoms with E-state index in [9.17, 15) is 0 Å². The SMILES string of the molecule is NC[Si](Cl)(Cl)c1ccccc1. The number of nitrogens with two attached hydrogens (primary N) is 1. The number of hydrogen-bond acceptors (Lipinski definition) is 1. The van der Waals surface area contributed by atoms with Crippen molar-refractivity contribution in [2.24, 2.45) is 5.73 Å². The van der Waals surface area contributed by atoms with Crippen LogP contribution in [-0.2, 0) is 0 Å². The highest BCUT2D eigenvalue weighted by Gasteiger charge is 2.28. The Labute approximate surface area is 76.5 Å². The maximum atomic E-state index is 6.03. The Bertz CT molecular complexity index is 225. The molecular weight excluding hydrogens is 197 g/mol. The van der Waals surface area contributed by atoms with Crippen molar-refractivity contribution in [1.82, 2.24) is 0 Å². The molecule has 60 valence electrons. The van der Waals surface area contributed by atoms with Crippen LogP contribution in [0.5, 0.6) is 0 Å². The summed E-state index contributed by atoms with van der Waals surface area (Å²) in [5.74, 6) is 0. The lowest BCUT2D eigenvalue weighted by Gasteiger charge is -2.13. The molecule has 0 aliphatic heterocycles. The largest absolute Gasteiger partial charge is 0.330 e. The Morgan fingerprint density at radius 3 is 2.18 bits per heavy atom. The monoisotopic (exact) mass is 205 g/mol. The van der Waals surface area contributed by atoms with Gasteiger partial charge < -0.3 is 5.73 Å². The summed E-state index contributed by atoms with van der Waals surface area (Å²) in [7, 11) is 0. The number of benzene rings is 1. The lowest BCUT2D eigenvalue weighted by Crippen LogP contribution is -2.44. The van der Waals surface area contributed by atoms with E-state index < -0.39 is 6.69 Å². The molecule has 1 rings (SSSR count). The third-order valence-corrected chi connectivity index (χ3v) is 5.38. The highest BCUT2D eigenvalue weighted by molar-refractivity contribution is 7.51. The summed E-state index contributed by atoms with van der Waals surface area (Å²) in [5.41, 5.74) is 5.44. The van der Waals surface area contributed by atoms with E-state index in [1.54, 1.807) is 0 Å². The molecule has 0 aliphatic carbocycles. The zero-order chi connectivity index (χ0) is 8.32. The maximum absolute atomic E-state index is 6.03. The van der Waals surface area contributed by atoms with Crippen molar-refractivity contribution in [3.8, 4) is 0 Å². The molecule has 0 spiro atoms. The van der Waals surface area contributed by atoms with E-state index in [1.807, 2.05) is 30.3 Å². The van der Waals surface area contributed by atoms with E-state index >= 15 is 0 Å². The zero-order valence-electron chi connectivity index (χ0n) is 5.93. The molecule has 0 heterocycles. The van der Waals surface area contributed by atoms with E-state index in [0.717, 1.165) is 5.19 Å². The lowest BCUT2D eigenvalue weighted by atomic mass is 10.4. The van der Waals surface area contributed by atoms with Crippen LogP contribution in [0.1, 0.15) is 0 Å². The average molecular weight is 206 g/mol. The summed E-state index contributed by atoms with van der Waals surface area (Å²) >= 11 is 12.1.